The molecule has 1 aliphatic rings. The summed E-state index contributed by atoms with van der Waals surface area (Å²) in [5.41, 5.74) is 0. The van der Waals surface area contributed by atoms with Gasteiger partial charge in [-0.1, -0.05) is 26.7 Å². The molecule has 1 heterocycles. The van der Waals surface area contributed by atoms with Gasteiger partial charge in [-0.2, -0.15) is 0 Å². The third-order valence-corrected chi connectivity index (χ3v) is 2.84. The first kappa shape index (κ1) is 14.5. The Labute approximate surface area is 107 Å². The van der Waals surface area contributed by atoms with Crippen molar-refractivity contribution in [1.82, 2.24) is 15.5 Å². The molecule has 6 nitrogen and oxygen atoms in total. The fraction of sp³-hybridized carbons (Fsp3) is 0.750. The molecule has 0 aromatic carbocycles. The van der Waals surface area contributed by atoms with E-state index in [-0.39, 0.29) is 18.4 Å². The third-order valence-electron chi connectivity index (χ3n) is 2.84. The molecule has 18 heavy (non-hydrogen) atoms. The highest BCUT2D eigenvalue weighted by molar-refractivity contribution is 6.06. The molecule has 0 saturated carbocycles. The zero-order valence-corrected chi connectivity index (χ0v) is 11.0. The van der Waals surface area contributed by atoms with Crippen molar-refractivity contribution in [2.24, 2.45) is 0 Å². The van der Waals surface area contributed by atoms with Crippen LogP contribution in [0.15, 0.2) is 0 Å². The van der Waals surface area contributed by atoms with Gasteiger partial charge in [0, 0.05) is 6.54 Å². The second-order valence-corrected chi connectivity index (χ2v) is 4.42. The lowest BCUT2D eigenvalue weighted by atomic mass is 10.2. The van der Waals surface area contributed by atoms with Crippen LogP contribution >= 0.6 is 0 Å². The van der Waals surface area contributed by atoms with Gasteiger partial charge in [-0.25, -0.2) is 4.79 Å². The zero-order chi connectivity index (χ0) is 13.5. The molecule has 6 heteroatoms. The summed E-state index contributed by atoms with van der Waals surface area (Å²) in [5.74, 6) is -0.586. The van der Waals surface area contributed by atoms with Gasteiger partial charge in [-0.05, 0) is 12.8 Å². The molecule has 2 N–H and O–H groups in total. The molecule has 0 aromatic heterocycles. The van der Waals surface area contributed by atoms with Crippen LogP contribution in [0.1, 0.15) is 39.5 Å². The van der Waals surface area contributed by atoms with Crippen LogP contribution in [0, 0.1) is 0 Å². The maximum Gasteiger partial charge on any atom is 0.325 e. The molecule has 0 bridgehead atoms. The van der Waals surface area contributed by atoms with Crippen molar-refractivity contribution in [3.8, 4) is 0 Å². The average Bonchev–Trinajstić information content (AvgIpc) is 2.58. The van der Waals surface area contributed by atoms with Crippen LogP contribution in [0.4, 0.5) is 4.79 Å². The molecule has 0 radical (unpaired) electrons. The molecule has 4 amide bonds. The van der Waals surface area contributed by atoms with Crippen LogP contribution in [-0.2, 0) is 9.59 Å². The van der Waals surface area contributed by atoms with Gasteiger partial charge in [-0.3, -0.25) is 14.5 Å². The fourth-order valence-corrected chi connectivity index (χ4v) is 1.82. The number of carbonyl (C=O) groups is 3. The second-order valence-electron chi connectivity index (χ2n) is 4.42. The van der Waals surface area contributed by atoms with Gasteiger partial charge in [0.1, 0.15) is 12.6 Å². The number of unbranched alkanes of at least 4 members (excludes halogenated alkanes) is 1. The predicted molar refractivity (Wildman–Crippen MR) is 66.9 cm³/mol. The highest BCUT2D eigenvalue weighted by Gasteiger charge is 2.38. The van der Waals surface area contributed by atoms with Crippen molar-refractivity contribution < 1.29 is 14.4 Å². The Morgan fingerprint density at radius 2 is 2.06 bits per heavy atom. The SMILES string of the molecule is CCCCNC(=O)CN1C(=O)NC(CCC)C1=O. The van der Waals surface area contributed by atoms with E-state index in [0.29, 0.717) is 13.0 Å². The molecule has 0 aliphatic carbocycles. The summed E-state index contributed by atoms with van der Waals surface area (Å²) >= 11 is 0. The Morgan fingerprint density at radius 1 is 1.33 bits per heavy atom. The number of amides is 4. The highest BCUT2D eigenvalue weighted by Crippen LogP contribution is 2.10. The topological polar surface area (TPSA) is 78.5 Å². The Balaban J connectivity index is 2.44. The first-order valence-electron chi connectivity index (χ1n) is 6.48. The summed E-state index contributed by atoms with van der Waals surface area (Å²) in [5, 5.41) is 5.27. The quantitative estimate of drug-likeness (QED) is 0.517. The van der Waals surface area contributed by atoms with Crippen molar-refractivity contribution in [3.63, 3.8) is 0 Å². The van der Waals surface area contributed by atoms with Gasteiger partial charge in [0.2, 0.25) is 5.91 Å². The van der Waals surface area contributed by atoms with Crippen LogP contribution in [0.3, 0.4) is 0 Å². The van der Waals surface area contributed by atoms with Crippen molar-refractivity contribution in [3.05, 3.63) is 0 Å². The number of carbonyl (C=O) groups excluding carboxylic acids is 3. The Morgan fingerprint density at radius 3 is 2.67 bits per heavy atom. The summed E-state index contributed by atoms with van der Waals surface area (Å²) in [6.07, 6.45) is 3.30. The molecule has 0 aromatic rings. The number of nitrogens with zero attached hydrogens (tertiary/aromatic N) is 1. The van der Waals surface area contributed by atoms with Crippen molar-refractivity contribution in [2.75, 3.05) is 13.1 Å². The number of hydrogen-bond acceptors (Lipinski definition) is 3. The van der Waals surface area contributed by atoms with Gasteiger partial charge in [0.25, 0.3) is 5.91 Å². The molecule has 0 spiro atoms. The molecule has 1 unspecified atom stereocenters. The normalized spacial score (nSPS) is 19.0. The second kappa shape index (κ2) is 6.98. The van der Waals surface area contributed by atoms with E-state index < -0.39 is 12.1 Å². The fourth-order valence-electron chi connectivity index (χ4n) is 1.82. The molecular weight excluding hydrogens is 234 g/mol. The summed E-state index contributed by atoms with van der Waals surface area (Å²) in [6, 6.07) is -0.935. The third kappa shape index (κ3) is 3.72. The molecule has 1 atom stereocenters. The molecular formula is C12H21N3O3. The molecule has 1 saturated heterocycles. The summed E-state index contributed by atoms with van der Waals surface area (Å²) in [6.45, 7) is 4.37. The zero-order valence-electron chi connectivity index (χ0n) is 11.0. The first-order chi connectivity index (χ1) is 8.60. The van der Waals surface area contributed by atoms with Crippen molar-refractivity contribution >= 4 is 17.8 Å². The molecule has 102 valence electrons. The largest absolute Gasteiger partial charge is 0.355 e. The number of hydrogen-bond donors (Lipinski definition) is 2. The van der Waals surface area contributed by atoms with Crippen LogP contribution in [-0.4, -0.2) is 41.9 Å². The van der Waals surface area contributed by atoms with E-state index in [4.69, 9.17) is 0 Å². The smallest absolute Gasteiger partial charge is 0.325 e. The number of urea groups is 1. The Kier molecular flexibility index (Phi) is 5.61. The molecule has 1 rings (SSSR count). The summed E-state index contributed by atoms with van der Waals surface area (Å²) in [7, 11) is 0. The lowest BCUT2D eigenvalue weighted by molar-refractivity contribution is -0.132. The van der Waals surface area contributed by atoms with Gasteiger partial charge >= 0.3 is 6.03 Å². The van der Waals surface area contributed by atoms with Crippen LogP contribution < -0.4 is 10.6 Å². The van der Waals surface area contributed by atoms with Gasteiger partial charge in [0.05, 0.1) is 0 Å². The van der Waals surface area contributed by atoms with E-state index in [2.05, 4.69) is 10.6 Å². The lowest BCUT2D eigenvalue weighted by Crippen LogP contribution is -2.41. The number of rotatable bonds is 7. The first-order valence-corrected chi connectivity index (χ1v) is 6.48. The van der Waals surface area contributed by atoms with Crippen LogP contribution in [0.2, 0.25) is 0 Å². The predicted octanol–water partition coefficient (Wildman–Crippen LogP) is 0.623. The summed E-state index contributed by atoms with van der Waals surface area (Å²) < 4.78 is 0. The number of nitrogens with one attached hydrogen (secondary N) is 2. The van der Waals surface area contributed by atoms with E-state index in [1.807, 2.05) is 13.8 Å². The van der Waals surface area contributed by atoms with E-state index in [1.54, 1.807) is 0 Å². The Bertz CT molecular complexity index is 331. The standard InChI is InChI=1S/C12H21N3O3/c1-3-5-7-13-10(16)8-15-11(17)9(6-4-2)14-12(15)18/h9H,3-8H2,1-2H3,(H,13,16)(H,14,18). The van der Waals surface area contributed by atoms with Gasteiger partial charge in [-0.15, -0.1) is 0 Å². The van der Waals surface area contributed by atoms with E-state index in [9.17, 15) is 14.4 Å². The van der Waals surface area contributed by atoms with E-state index in [0.717, 1.165) is 24.2 Å². The molecule has 1 aliphatic heterocycles. The maximum atomic E-state index is 11.8. The average molecular weight is 255 g/mol. The van der Waals surface area contributed by atoms with Gasteiger partial charge < -0.3 is 10.6 Å². The monoisotopic (exact) mass is 255 g/mol. The van der Waals surface area contributed by atoms with Crippen LogP contribution in [0.25, 0.3) is 0 Å². The minimum Gasteiger partial charge on any atom is -0.355 e. The molecule has 1 fully saturated rings. The summed E-state index contributed by atoms with van der Waals surface area (Å²) in [4.78, 5) is 35.9. The lowest BCUT2D eigenvalue weighted by Gasteiger charge is -2.12. The maximum absolute atomic E-state index is 11.8. The minimum atomic E-state index is -0.468. The number of imide groups is 1. The van der Waals surface area contributed by atoms with Crippen molar-refractivity contribution in [2.45, 2.75) is 45.6 Å². The van der Waals surface area contributed by atoms with Crippen LogP contribution in [0.5, 0.6) is 0 Å². The van der Waals surface area contributed by atoms with E-state index >= 15 is 0 Å². The van der Waals surface area contributed by atoms with Crippen molar-refractivity contribution in [1.29, 1.82) is 0 Å². The minimum absolute atomic E-state index is 0.186. The van der Waals surface area contributed by atoms with Gasteiger partial charge in [0.15, 0.2) is 0 Å². The highest BCUT2D eigenvalue weighted by atomic mass is 16.2. The van der Waals surface area contributed by atoms with E-state index in [1.165, 1.54) is 0 Å². The Hall–Kier alpha value is -1.59.